The van der Waals surface area contributed by atoms with Crippen molar-refractivity contribution in [3.05, 3.63) is 51.1 Å². The number of benzene rings is 2. The molecule has 8 nitrogen and oxygen atoms in total. The zero-order valence-electron chi connectivity index (χ0n) is 18.0. The highest BCUT2D eigenvalue weighted by molar-refractivity contribution is 7.92. The van der Waals surface area contributed by atoms with Crippen LogP contribution in [0, 0.1) is 0 Å². The van der Waals surface area contributed by atoms with Crippen molar-refractivity contribution in [2.45, 2.75) is 37.1 Å². The first kappa shape index (κ1) is 23.6. The van der Waals surface area contributed by atoms with Crippen LogP contribution in [0.25, 0.3) is 10.2 Å². The molecule has 0 saturated carbocycles. The predicted molar refractivity (Wildman–Crippen MR) is 130 cm³/mol. The van der Waals surface area contributed by atoms with Crippen LogP contribution in [0.3, 0.4) is 0 Å². The molecule has 1 aliphatic heterocycles. The third kappa shape index (κ3) is 5.18. The van der Waals surface area contributed by atoms with Gasteiger partial charge in [-0.25, -0.2) is 8.42 Å². The number of sulfonamides is 1. The first-order chi connectivity index (χ1) is 15.8. The van der Waals surface area contributed by atoms with E-state index in [9.17, 15) is 18.0 Å². The Bertz CT molecular complexity index is 1340. The molecule has 2 heterocycles. The van der Waals surface area contributed by atoms with Gasteiger partial charge in [0.25, 0.3) is 10.0 Å². The second-order valence-electron chi connectivity index (χ2n) is 7.80. The largest absolute Gasteiger partial charge is 0.495 e. The highest BCUT2D eigenvalue weighted by Gasteiger charge is 2.20. The molecule has 1 aliphatic rings. The predicted octanol–water partition coefficient (Wildman–Crippen LogP) is 3.93. The standard InChI is InChI=1S/C22H24ClN3O5S2/c1-31-19-8-5-15(13-17(19)23)24-33(29,30)16-6-7-18-20(14-16)32-22(28)26(18)12-9-21(27)25-10-3-2-4-11-25/h5-8,13-14,24H,2-4,9-12H2,1H3. The molecular weight excluding hydrogens is 486 g/mol. The quantitative estimate of drug-likeness (QED) is 0.520. The van der Waals surface area contributed by atoms with E-state index >= 15 is 0 Å². The monoisotopic (exact) mass is 509 g/mol. The SMILES string of the molecule is COc1ccc(NS(=O)(=O)c2ccc3c(c2)sc(=O)n3CCC(=O)N2CCCCC2)cc1Cl. The number of hydrogen-bond donors (Lipinski definition) is 1. The molecule has 1 amide bonds. The molecule has 176 valence electrons. The zero-order chi connectivity index (χ0) is 23.6. The average Bonchev–Trinajstić information content (AvgIpc) is 3.12. The number of carbonyl (C=O) groups is 1. The highest BCUT2D eigenvalue weighted by Crippen LogP contribution is 2.29. The number of aryl methyl sites for hydroxylation is 1. The summed E-state index contributed by atoms with van der Waals surface area (Å²) >= 11 is 7.04. The Balaban J connectivity index is 1.53. The fourth-order valence-electron chi connectivity index (χ4n) is 3.88. The van der Waals surface area contributed by atoms with E-state index in [1.807, 2.05) is 4.90 Å². The Morgan fingerprint density at radius 1 is 1.15 bits per heavy atom. The fraction of sp³-hybridized carbons (Fsp3) is 0.364. The van der Waals surface area contributed by atoms with Crippen molar-refractivity contribution in [1.82, 2.24) is 9.47 Å². The van der Waals surface area contributed by atoms with Crippen molar-refractivity contribution in [2.75, 3.05) is 24.9 Å². The van der Waals surface area contributed by atoms with Crippen LogP contribution in [0.2, 0.25) is 5.02 Å². The van der Waals surface area contributed by atoms with Gasteiger partial charge in [0.2, 0.25) is 5.91 Å². The zero-order valence-corrected chi connectivity index (χ0v) is 20.4. The van der Waals surface area contributed by atoms with Crippen LogP contribution in [0.15, 0.2) is 46.1 Å². The first-order valence-corrected chi connectivity index (χ1v) is 13.2. The molecule has 33 heavy (non-hydrogen) atoms. The van der Waals surface area contributed by atoms with E-state index < -0.39 is 10.0 Å². The van der Waals surface area contributed by atoms with Crippen molar-refractivity contribution in [2.24, 2.45) is 0 Å². The Labute approximate surface area is 200 Å². The molecule has 0 radical (unpaired) electrons. The minimum atomic E-state index is -3.90. The number of carbonyl (C=O) groups excluding carboxylic acids is 1. The molecule has 0 unspecified atom stereocenters. The van der Waals surface area contributed by atoms with E-state index in [-0.39, 0.29) is 33.7 Å². The minimum Gasteiger partial charge on any atom is -0.495 e. The Hall–Kier alpha value is -2.56. The summed E-state index contributed by atoms with van der Waals surface area (Å²) in [7, 11) is -2.43. The number of amides is 1. The molecule has 0 aliphatic carbocycles. The highest BCUT2D eigenvalue weighted by atomic mass is 35.5. The topological polar surface area (TPSA) is 97.7 Å². The van der Waals surface area contributed by atoms with Crippen LogP contribution in [-0.2, 0) is 21.4 Å². The van der Waals surface area contributed by atoms with Crippen LogP contribution < -0.4 is 14.3 Å². The normalized spacial score (nSPS) is 14.4. The molecule has 3 aromatic rings. The molecular formula is C22H24ClN3O5S2. The number of nitrogens with one attached hydrogen (secondary N) is 1. The molecule has 0 spiro atoms. The van der Waals surface area contributed by atoms with Gasteiger partial charge in [-0.3, -0.25) is 18.9 Å². The maximum absolute atomic E-state index is 12.9. The van der Waals surface area contributed by atoms with Gasteiger partial charge in [0.1, 0.15) is 5.75 Å². The van der Waals surface area contributed by atoms with Gasteiger partial charge in [-0.1, -0.05) is 22.9 Å². The van der Waals surface area contributed by atoms with E-state index in [1.165, 1.54) is 29.9 Å². The number of thiazole rings is 1. The molecule has 11 heteroatoms. The van der Waals surface area contributed by atoms with Crippen molar-refractivity contribution in [3.8, 4) is 5.75 Å². The summed E-state index contributed by atoms with van der Waals surface area (Å²) in [4.78, 5) is 26.7. The first-order valence-electron chi connectivity index (χ1n) is 10.6. The number of aromatic nitrogens is 1. The molecule has 1 fully saturated rings. The number of likely N-dealkylation sites (tertiary alicyclic amines) is 1. The van der Waals surface area contributed by atoms with Gasteiger partial charge >= 0.3 is 4.87 Å². The third-order valence-corrected chi connectivity index (χ3v) is 8.23. The van der Waals surface area contributed by atoms with Crippen LogP contribution in [0.5, 0.6) is 5.75 Å². The van der Waals surface area contributed by atoms with E-state index in [4.69, 9.17) is 16.3 Å². The van der Waals surface area contributed by atoms with E-state index in [0.717, 1.165) is 43.7 Å². The van der Waals surface area contributed by atoms with Crippen molar-refractivity contribution in [1.29, 1.82) is 0 Å². The molecule has 0 bridgehead atoms. The van der Waals surface area contributed by atoms with Gasteiger partial charge in [-0.15, -0.1) is 0 Å². The number of halogens is 1. The lowest BCUT2D eigenvalue weighted by molar-refractivity contribution is -0.132. The van der Waals surface area contributed by atoms with Crippen molar-refractivity contribution >= 4 is 54.8 Å². The molecule has 0 atom stereocenters. The second-order valence-corrected chi connectivity index (χ2v) is 10.9. The summed E-state index contributed by atoms with van der Waals surface area (Å²) in [6.45, 7) is 1.81. The number of anilines is 1. The van der Waals surface area contributed by atoms with Crippen LogP contribution in [0.1, 0.15) is 25.7 Å². The number of fused-ring (bicyclic) bond motifs is 1. The number of piperidine rings is 1. The lowest BCUT2D eigenvalue weighted by atomic mass is 10.1. The molecule has 1 aromatic heterocycles. The van der Waals surface area contributed by atoms with E-state index in [0.29, 0.717) is 21.7 Å². The lowest BCUT2D eigenvalue weighted by Crippen LogP contribution is -2.36. The van der Waals surface area contributed by atoms with E-state index in [2.05, 4.69) is 4.72 Å². The van der Waals surface area contributed by atoms with Gasteiger partial charge in [0, 0.05) is 26.1 Å². The maximum Gasteiger partial charge on any atom is 0.308 e. The summed E-state index contributed by atoms with van der Waals surface area (Å²) in [5, 5.41) is 0.280. The number of rotatable bonds is 7. The molecule has 1 saturated heterocycles. The summed E-state index contributed by atoms with van der Waals surface area (Å²) in [6, 6.07) is 9.11. The second kappa shape index (κ2) is 9.74. The van der Waals surface area contributed by atoms with E-state index in [1.54, 1.807) is 18.2 Å². The summed E-state index contributed by atoms with van der Waals surface area (Å²) < 4.78 is 35.4. The fourth-order valence-corrected chi connectivity index (χ4v) is 6.24. The number of hydrogen-bond acceptors (Lipinski definition) is 6. The maximum atomic E-state index is 12.9. The Kier molecular flexibility index (Phi) is 6.96. The van der Waals surface area contributed by atoms with Gasteiger partial charge in [0.15, 0.2) is 0 Å². The molecule has 1 N–H and O–H groups in total. The van der Waals surface area contributed by atoms with Gasteiger partial charge in [0.05, 0.1) is 32.9 Å². The number of methoxy groups -OCH3 is 1. The Morgan fingerprint density at radius 2 is 1.91 bits per heavy atom. The van der Waals surface area contributed by atoms with Crippen LogP contribution in [0.4, 0.5) is 5.69 Å². The summed E-state index contributed by atoms with van der Waals surface area (Å²) in [5.41, 5.74) is 0.908. The third-order valence-electron chi connectivity index (χ3n) is 5.61. The van der Waals surface area contributed by atoms with Crippen LogP contribution in [-0.4, -0.2) is 44.0 Å². The van der Waals surface area contributed by atoms with Crippen molar-refractivity contribution in [3.63, 3.8) is 0 Å². The van der Waals surface area contributed by atoms with Crippen LogP contribution >= 0.6 is 22.9 Å². The van der Waals surface area contributed by atoms with Crippen molar-refractivity contribution < 1.29 is 17.9 Å². The summed E-state index contributed by atoms with van der Waals surface area (Å²) in [6.07, 6.45) is 3.41. The van der Waals surface area contributed by atoms with Gasteiger partial charge in [-0.2, -0.15) is 0 Å². The smallest absolute Gasteiger partial charge is 0.308 e. The molecule has 4 rings (SSSR count). The lowest BCUT2D eigenvalue weighted by Gasteiger charge is -2.26. The number of nitrogens with zero attached hydrogens (tertiary/aromatic N) is 2. The average molecular weight is 510 g/mol. The minimum absolute atomic E-state index is 0.0275. The Morgan fingerprint density at radius 3 is 2.61 bits per heavy atom. The summed E-state index contributed by atoms with van der Waals surface area (Å²) in [5.74, 6) is 0.480. The van der Waals surface area contributed by atoms with Gasteiger partial charge < -0.3 is 9.64 Å². The van der Waals surface area contributed by atoms with Gasteiger partial charge in [-0.05, 0) is 55.7 Å². The number of ether oxygens (including phenoxy) is 1. The molecule has 2 aromatic carbocycles.